The van der Waals surface area contributed by atoms with Crippen LogP contribution in [0.4, 0.5) is 0 Å². The van der Waals surface area contributed by atoms with E-state index < -0.39 is 16.9 Å². The molecule has 0 aromatic heterocycles. The second-order valence-corrected chi connectivity index (χ2v) is 4.23. The van der Waals surface area contributed by atoms with Gasteiger partial charge in [-0.15, -0.1) is 0 Å². The maximum Gasteiger partial charge on any atom is 0.0894 e. The van der Waals surface area contributed by atoms with Crippen molar-refractivity contribution in [3.63, 3.8) is 0 Å². The molecule has 0 aliphatic heterocycles. The normalized spacial score (nSPS) is 15.9. The first-order valence-electron chi connectivity index (χ1n) is 3.96. The molecule has 5 heteroatoms. The van der Waals surface area contributed by atoms with Gasteiger partial charge in [0, 0.05) is 29.4 Å². The molecule has 0 bridgehead atoms. The van der Waals surface area contributed by atoms with Gasteiger partial charge in [-0.25, -0.2) is 0 Å². The largest absolute Gasteiger partial charge is 0.394 e. The van der Waals surface area contributed by atoms with Gasteiger partial charge in [-0.2, -0.15) is 0 Å². The number of hydrogen-bond acceptors (Lipinski definition) is 4. The zero-order chi connectivity index (χ0) is 9.40. The van der Waals surface area contributed by atoms with Crippen molar-refractivity contribution in [1.82, 2.24) is 5.32 Å². The maximum absolute atomic E-state index is 10.6. The summed E-state index contributed by atoms with van der Waals surface area (Å²) < 4.78 is 10.6. The maximum atomic E-state index is 10.6. The van der Waals surface area contributed by atoms with E-state index >= 15 is 0 Å². The topological polar surface area (TPSA) is 69.6 Å². The second kappa shape index (κ2) is 7.67. The summed E-state index contributed by atoms with van der Waals surface area (Å²) in [6.45, 7) is 0.913. The summed E-state index contributed by atoms with van der Waals surface area (Å²) in [5.41, 5.74) is 0. The van der Waals surface area contributed by atoms with Crippen molar-refractivity contribution in [2.75, 3.05) is 31.7 Å². The average Bonchev–Trinajstić information content (AvgIpc) is 2.03. The fourth-order valence-electron chi connectivity index (χ4n) is 0.734. The predicted octanol–water partition coefficient (Wildman–Crippen LogP) is -1.30. The summed E-state index contributed by atoms with van der Waals surface area (Å²) in [5.74, 6) is 0.683. The first-order valence-corrected chi connectivity index (χ1v) is 5.69. The van der Waals surface area contributed by atoms with Crippen LogP contribution in [0.1, 0.15) is 6.42 Å². The minimum absolute atomic E-state index is 0.216. The van der Waals surface area contributed by atoms with Gasteiger partial charge in [0.25, 0.3) is 0 Å². The van der Waals surface area contributed by atoms with E-state index in [2.05, 4.69) is 5.32 Å². The van der Waals surface area contributed by atoms with Crippen molar-refractivity contribution in [1.29, 1.82) is 0 Å². The van der Waals surface area contributed by atoms with Crippen LogP contribution < -0.4 is 5.32 Å². The molecule has 0 aliphatic rings. The van der Waals surface area contributed by atoms with Crippen molar-refractivity contribution >= 4 is 10.8 Å². The molecule has 0 amide bonds. The van der Waals surface area contributed by atoms with Gasteiger partial charge in [0.05, 0.1) is 12.7 Å². The highest BCUT2D eigenvalue weighted by Crippen LogP contribution is 1.82. The molecule has 1 unspecified atom stereocenters. The molecule has 4 nitrogen and oxygen atoms in total. The van der Waals surface area contributed by atoms with Crippen molar-refractivity contribution in [2.45, 2.75) is 12.5 Å². The Bertz CT molecular complexity index is 132. The lowest BCUT2D eigenvalue weighted by atomic mass is 10.3. The van der Waals surface area contributed by atoms with Crippen molar-refractivity contribution in [3.05, 3.63) is 0 Å². The lowest BCUT2D eigenvalue weighted by Crippen LogP contribution is -2.30. The first kappa shape index (κ1) is 12.0. The van der Waals surface area contributed by atoms with Crippen LogP contribution in [0.15, 0.2) is 0 Å². The van der Waals surface area contributed by atoms with Gasteiger partial charge in [0.15, 0.2) is 0 Å². The van der Waals surface area contributed by atoms with Crippen LogP contribution in [0, 0.1) is 0 Å². The molecular formula is C7H17NO3S. The molecule has 0 heterocycles. The van der Waals surface area contributed by atoms with Gasteiger partial charge in [-0.1, -0.05) is 0 Å². The predicted molar refractivity (Wildman–Crippen MR) is 49.5 cm³/mol. The molecule has 0 aliphatic carbocycles. The highest BCUT2D eigenvalue weighted by atomic mass is 32.2. The van der Waals surface area contributed by atoms with Gasteiger partial charge >= 0.3 is 0 Å². The Hall–Kier alpha value is 0.0300. The third kappa shape index (κ3) is 8.13. The number of aliphatic hydroxyl groups is 2. The Balaban J connectivity index is 3.05. The van der Waals surface area contributed by atoms with E-state index in [-0.39, 0.29) is 6.61 Å². The standard InChI is InChI=1S/C7H17NO3S/c1-12(11)4-2-3-8-5-7(10)6-9/h7-10H,2-6H2,1H3/t7-,12?/m0/s1. The molecule has 0 aromatic carbocycles. The van der Waals surface area contributed by atoms with Gasteiger partial charge in [0.2, 0.25) is 0 Å². The molecule has 0 radical (unpaired) electrons. The van der Waals surface area contributed by atoms with Gasteiger partial charge in [-0.05, 0) is 13.0 Å². The monoisotopic (exact) mass is 195 g/mol. The number of aliphatic hydroxyl groups excluding tert-OH is 2. The zero-order valence-electron chi connectivity index (χ0n) is 7.32. The van der Waals surface area contributed by atoms with Crippen LogP contribution in [-0.4, -0.2) is 52.2 Å². The van der Waals surface area contributed by atoms with Crippen LogP contribution >= 0.6 is 0 Å². The fourth-order valence-corrected chi connectivity index (χ4v) is 1.28. The summed E-state index contributed by atoms with van der Waals surface area (Å²) in [5, 5.41) is 20.3. The van der Waals surface area contributed by atoms with E-state index in [0.29, 0.717) is 12.3 Å². The number of rotatable bonds is 7. The quantitative estimate of drug-likeness (QED) is 0.442. The molecule has 3 N–H and O–H groups in total. The van der Waals surface area contributed by atoms with Crippen LogP contribution in [0.5, 0.6) is 0 Å². The van der Waals surface area contributed by atoms with E-state index in [4.69, 9.17) is 10.2 Å². The van der Waals surface area contributed by atoms with Gasteiger partial charge in [-0.3, -0.25) is 4.21 Å². The van der Waals surface area contributed by atoms with E-state index in [1.54, 1.807) is 6.26 Å². The highest BCUT2D eigenvalue weighted by molar-refractivity contribution is 7.84. The lowest BCUT2D eigenvalue weighted by molar-refractivity contribution is 0.0946. The van der Waals surface area contributed by atoms with E-state index in [1.165, 1.54) is 0 Å². The molecule has 0 spiro atoms. The SMILES string of the molecule is CS(=O)CCCNC[C@H](O)CO. The lowest BCUT2D eigenvalue weighted by Gasteiger charge is -2.07. The minimum Gasteiger partial charge on any atom is -0.394 e. The third-order valence-corrected chi connectivity index (χ3v) is 2.24. The zero-order valence-corrected chi connectivity index (χ0v) is 8.14. The van der Waals surface area contributed by atoms with E-state index in [0.717, 1.165) is 13.0 Å². The van der Waals surface area contributed by atoms with E-state index in [9.17, 15) is 4.21 Å². The molecule has 0 saturated carbocycles. The molecular weight excluding hydrogens is 178 g/mol. The Morgan fingerprint density at radius 3 is 2.75 bits per heavy atom. The van der Waals surface area contributed by atoms with Crippen LogP contribution in [-0.2, 0) is 10.8 Å². The second-order valence-electron chi connectivity index (χ2n) is 2.67. The Morgan fingerprint density at radius 1 is 1.58 bits per heavy atom. The highest BCUT2D eigenvalue weighted by Gasteiger charge is 1.99. The summed E-state index contributed by atoms with van der Waals surface area (Å²) in [4.78, 5) is 0. The van der Waals surface area contributed by atoms with Crippen molar-refractivity contribution in [3.8, 4) is 0 Å². The van der Waals surface area contributed by atoms with Crippen LogP contribution in [0.2, 0.25) is 0 Å². The number of nitrogens with one attached hydrogen (secondary N) is 1. The fraction of sp³-hybridized carbons (Fsp3) is 1.00. The van der Waals surface area contributed by atoms with E-state index in [1.807, 2.05) is 0 Å². The first-order chi connectivity index (χ1) is 5.66. The molecule has 2 atom stereocenters. The molecule has 0 aromatic rings. The molecule has 74 valence electrons. The van der Waals surface area contributed by atoms with Crippen molar-refractivity contribution in [2.24, 2.45) is 0 Å². The third-order valence-electron chi connectivity index (χ3n) is 1.38. The summed E-state index contributed by atoms with van der Waals surface area (Å²) >= 11 is 0. The molecule has 12 heavy (non-hydrogen) atoms. The molecule has 0 fully saturated rings. The Kier molecular flexibility index (Phi) is 7.69. The Labute approximate surface area is 75.4 Å². The van der Waals surface area contributed by atoms with Crippen molar-refractivity contribution < 1.29 is 14.4 Å². The van der Waals surface area contributed by atoms with Crippen LogP contribution in [0.3, 0.4) is 0 Å². The number of hydrogen-bond donors (Lipinski definition) is 3. The van der Waals surface area contributed by atoms with Crippen LogP contribution in [0.25, 0.3) is 0 Å². The summed E-state index contributed by atoms with van der Waals surface area (Å²) in [6, 6.07) is 0. The van der Waals surface area contributed by atoms with Gasteiger partial charge in [0.1, 0.15) is 0 Å². The summed E-state index contributed by atoms with van der Waals surface area (Å²) in [6.07, 6.45) is 1.82. The molecule has 0 rings (SSSR count). The average molecular weight is 195 g/mol. The molecule has 0 saturated heterocycles. The Morgan fingerprint density at radius 2 is 2.25 bits per heavy atom. The smallest absolute Gasteiger partial charge is 0.0894 e. The minimum atomic E-state index is -0.733. The summed E-state index contributed by atoms with van der Waals surface area (Å²) in [7, 11) is -0.733. The van der Waals surface area contributed by atoms with Gasteiger partial charge < -0.3 is 15.5 Å².